The Morgan fingerprint density at radius 3 is 2.59 bits per heavy atom. The Bertz CT molecular complexity index is 1210. The van der Waals surface area contributed by atoms with Gasteiger partial charge >= 0.3 is 0 Å². The zero-order valence-electron chi connectivity index (χ0n) is 18.1. The molecule has 0 aliphatic carbocycles. The first-order chi connectivity index (χ1) is 16.5. The first kappa shape index (κ1) is 22.6. The van der Waals surface area contributed by atoms with Gasteiger partial charge in [0.15, 0.2) is 6.61 Å². The van der Waals surface area contributed by atoms with Crippen molar-refractivity contribution in [1.29, 1.82) is 0 Å². The smallest absolute Gasteiger partial charge is 0.265 e. The van der Waals surface area contributed by atoms with E-state index < -0.39 is 0 Å². The molecular weight excluding hydrogens is 474 g/mol. The summed E-state index contributed by atoms with van der Waals surface area (Å²) in [6.45, 7) is 2.57. The number of rotatable bonds is 4. The normalized spacial score (nSPS) is 19.2. The van der Waals surface area contributed by atoms with Crippen molar-refractivity contribution in [2.45, 2.75) is 6.54 Å². The molecule has 0 bridgehead atoms. The second-order valence-electron chi connectivity index (χ2n) is 7.95. The maximum atomic E-state index is 12.7. The van der Waals surface area contributed by atoms with Crippen LogP contribution in [0.2, 0.25) is 0 Å². The summed E-state index contributed by atoms with van der Waals surface area (Å²) in [6, 6.07) is 12.8. The number of amides is 3. The molecule has 2 fully saturated rings. The van der Waals surface area contributed by atoms with Crippen LogP contribution in [0, 0.1) is 0 Å². The van der Waals surface area contributed by atoms with Crippen molar-refractivity contribution in [3.05, 3.63) is 64.1 Å². The van der Waals surface area contributed by atoms with Gasteiger partial charge in [-0.25, -0.2) is 0 Å². The van der Waals surface area contributed by atoms with Gasteiger partial charge in [-0.15, -0.1) is 0 Å². The van der Waals surface area contributed by atoms with Gasteiger partial charge in [0.1, 0.15) is 10.1 Å². The molecule has 3 aliphatic heterocycles. The fourth-order valence-electron chi connectivity index (χ4n) is 3.94. The van der Waals surface area contributed by atoms with Gasteiger partial charge in [-0.2, -0.15) is 0 Å². The van der Waals surface area contributed by atoms with E-state index in [1.165, 1.54) is 11.8 Å². The highest BCUT2D eigenvalue weighted by atomic mass is 32.2. The third kappa shape index (κ3) is 4.70. The molecule has 0 radical (unpaired) electrons. The lowest BCUT2D eigenvalue weighted by molar-refractivity contribution is -0.121. The molecule has 0 spiro atoms. The summed E-state index contributed by atoms with van der Waals surface area (Å²) in [5.41, 5.74) is 2.89. The van der Waals surface area contributed by atoms with Gasteiger partial charge in [-0.05, 0) is 41.5 Å². The van der Waals surface area contributed by atoms with E-state index in [-0.39, 0.29) is 24.3 Å². The molecule has 1 N–H and O–H groups in total. The number of morpholine rings is 1. The molecule has 3 aliphatic rings. The average molecular weight is 496 g/mol. The molecule has 0 saturated carbocycles. The van der Waals surface area contributed by atoms with E-state index >= 15 is 0 Å². The van der Waals surface area contributed by atoms with Crippen LogP contribution in [0.15, 0.2) is 47.4 Å². The van der Waals surface area contributed by atoms with E-state index in [9.17, 15) is 14.4 Å². The summed E-state index contributed by atoms with van der Waals surface area (Å²) < 4.78 is 11.3. The Hall–Kier alpha value is -3.21. The predicted octanol–water partition coefficient (Wildman–Crippen LogP) is 2.57. The number of anilines is 1. The average Bonchev–Trinajstić information content (AvgIpc) is 3.17. The lowest BCUT2D eigenvalue weighted by Crippen LogP contribution is -2.40. The number of fused-ring (bicyclic) bond motifs is 1. The molecule has 0 atom stereocenters. The number of nitrogens with one attached hydrogen (secondary N) is 1. The minimum atomic E-state index is -0.233. The van der Waals surface area contributed by atoms with Crippen molar-refractivity contribution in [3.63, 3.8) is 0 Å². The molecule has 8 nitrogen and oxygen atoms in total. The van der Waals surface area contributed by atoms with Crippen LogP contribution in [-0.2, 0) is 20.9 Å². The number of thiocarbonyl (C=S) groups is 1. The molecule has 2 aromatic carbocycles. The quantitative estimate of drug-likeness (QED) is 0.515. The van der Waals surface area contributed by atoms with Crippen LogP contribution in [0.1, 0.15) is 21.5 Å². The lowest BCUT2D eigenvalue weighted by Gasteiger charge is -2.30. The second kappa shape index (κ2) is 9.57. The van der Waals surface area contributed by atoms with Crippen LogP contribution in [0.25, 0.3) is 6.08 Å². The third-order valence-corrected chi connectivity index (χ3v) is 6.87. The minimum absolute atomic E-state index is 0.0198. The maximum absolute atomic E-state index is 12.7. The van der Waals surface area contributed by atoms with Crippen molar-refractivity contribution >= 4 is 57.8 Å². The van der Waals surface area contributed by atoms with Crippen LogP contribution < -0.4 is 15.0 Å². The van der Waals surface area contributed by atoms with Gasteiger partial charge < -0.3 is 24.6 Å². The zero-order chi connectivity index (χ0) is 23.7. The van der Waals surface area contributed by atoms with Crippen molar-refractivity contribution < 1.29 is 23.9 Å². The number of hydrogen-bond donors (Lipinski definition) is 1. The molecule has 174 valence electrons. The predicted molar refractivity (Wildman–Crippen MR) is 133 cm³/mol. The molecule has 34 heavy (non-hydrogen) atoms. The minimum Gasteiger partial charge on any atom is -0.482 e. The molecule has 2 saturated heterocycles. The van der Waals surface area contributed by atoms with Crippen LogP contribution >= 0.6 is 24.0 Å². The SMILES string of the molecule is O=C1NC(=S)S/C1=C\c1ccc2c(c1)N(Cc1ccc(C(=O)N3CCOCC3)cc1)C(=O)CO2. The first-order valence-corrected chi connectivity index (χ1v) is 12.0. The Morgan fingerprint density at radius 2 is 1.88 bits per heavy atom. The molecule has 0 aromatic heterocycles. The van der Waals surface area contributed by atoms with Crippen LogP contribution in [0.4, 0.5) is 5.69 Å². The highest BCUT2D eigenvalue weighted by Gasteiger charge is 2.27. The summed E-state index contributed by atoms with van der Waals surface area (Å²) in [5, 5.41) is 2.60. The van der Waals surface area contributed by atoms with Gasteiger partial charge in [0.2, 0.25) is 0 Å². The Balaban J connectivity index is 1.36. The van der Waals surface area contributed by atoms with E-state index in [1.807, 2.05) is 24.3 Å². The molecule has 2 aromatic rings. The summed E-state index contributed by atoms with van der Waals surface area (Å²) in [5.74, 6) is 0.178. The highest BCUT2D eigenvalue weighted by molar-refractivity contribution is 8.26. The number of ether oxygens (including phenoxy) is 2. The zero-order valence-corrected chi connectivity index (χ0v) is 19.7. The Kier molecular flexibility index (Phi) is 6.36. The number of nitrogens with zero attached hydrogens (tertiary/aromatic N) is 2. The second-order valence-corrected chi connectivity index (χ2v) is 9.67. The van der Waals surface area contributed by atoms with E-state index in [0.29, 0.717) is 59.1 Å². The number of benzene rings is 2. The Morgan fingerprint density at radius 1 is 1.12 bits per heavy atom. The largest absolute Gasteiger partial charge is 0.482 e. The fraction of sp³-hybridized carbons (Fsp3) is 0.250. The number of carbonyl (C=O) groups is 3. The Labute approximate surface area is 205 Å². The summed E-state index contributed by atoms with van der Waals surface area (Å²) in [4.78, 5) is 41.4. The van der Waals surface area contributed by atoms with Crippen LogP contribution in [-0.4, -0.2) is 59.9 Å². The van der Waals surface area contributed by atoms with E-state index in [2.05, 4.69) is 5.32 Å². The molecule has 0 unspecified atom stereocenters. The van der Waals surface area contributed by atoms with E-state index in [1.54, 1.807) is 34.1 Å². The van der Waals surface area contributed by atoms with E-state index in [4.69, 9.17) is 21.7 Å². The van der Waals surface area contributed by atoms with Crippen molar-refractivity contribution in [2.75, 3.05) is 37.8 Å². The first-order valence-electron chi connectivity index (χ1n) is 10.8. The molecule has 5 rings (SSSR count). The van der Waals surface area contributed by atoms with Gasteiger partial charge in [0, 0.05) is 18.7 Å². The molecule has 3 amide bonds. The molecular formula is C24H21N3O5S2. The van der Waals surface area contributed by atoms with Gasteiger partial charge in [0.25, 0.3) is 17.7 Å². The van der Waals surface area contributed by atoms with Crippen molar-refractivity contribution in [1.82, 2.24) is 10.2 Å². The standard InChI is InChI=1S/C24H21N3O5S2/c28-21-14-32-19-6-3-16(12-20-22(29)25-24(33)34-20)11-18(19)27(21)13-15-1-4-17(5-2-15)23(30)26-7-9-31-10-8-26/h1-6,11-12H,7-10,13-14H2,(H,25,29,33)/b20-12-. The number of carbonyl (C=O) groups excluding carboxylic acids is 3. The summed E-state index contributed by atoms with van der Waals surface area (Å²) in [6.07, 6.45) is 1.74. The number of hydrogen-bond acceptors (Lipinski definition) is 7. The van der Waals surface area contributed by atoms with Gasteiger partial charge in [0.05, 0.1) is 30.4 Å². The van der Waals surface area contributed by atoms with Crippen molar-refractivity contribution in [2.24, 2.45) is 0 Å². The van der Waals surface area contributed by atoms with Gasteiger partial charge in [-0.1, -0.05) is 42.2 Å². The van der Waals surface area contributed by atoms with E-state index in [0.717, 1.165) is 11.1 Å². The topological polar surface area (TPSA) is 88.2 Å². The van der Waals surface area contributed by atoms with Crippen LogP contribution in [0.5, 0.6) is 5.75 Å². The lowest BCUT2D eigenvalue weighted by atomic mass is 10.1. The van der Waals surface area contributed by atoms with Crippen molar-refractivity contribution in [3.8, 4) is 5.75 Å². The summed E-state index contributed by atoms with van der Waals surface area (Å²) >= 11 is 6.25. The van der Waals surface area contributed by atoms with Gasteiger partial charge in [-0.3, -0.25) is 14.4 Å². The monoisotopic (exact) mass is 495 g/mol. The summed E-state index contributed by atoms with van der Waals surface area (Å²) in [7, 11) is 0. The number of thioether (sulfide) groups is 1. The fourth-order valence-corrected chi connectivity index (χ4v) is 4.98. The molecule has 3 heterocycles. The molecule has 10 heteroatoms. The maximum Gasteiger partial charge on any atom is 0.265 e. The highest BCUT2D eigenvalue weighted by Crippen LogP contribution is 2.35. The third-order valence-electron chi connectivity index (χ3n) is 5.71. The van der Waals surface area contributed by atoms with Crippen LogP contribution in [0.3, 0.4) is 0 Å².